The van der Waals surface area contributed by atoms with Crippen LogP contribution in [0.4, 0.5) is 0 Å². The van der Waals surface area contributed by atoms with Gasteiger partial charge in [-0.3, -0.25) is 9.89 Å². The molecule has 0 saturated carbocycles. The number of hydrogen-bond acceptors (Lipinski definition) is 5. The van der Waals surface area contributed by atoms with Crippen molar-refractivity contribution in [1.29, 1.82) is 0 Å². The van der Waals surface area contributed by atoms with Crippen LogP contribution < -0.4 is 0 Å². The highest BCUT2D eigenvalue weighted by Gasteiger charge is 2.10. The van der Waals surface area contributed by atoms with Crippen molar-refractivity contribution in [3.05, 3.63) is 47.8 Å². The average molecular weight is 288 g/mol. The fourth-order valence-corrected chi connectivity index (χ4v) is 1.64. The Labute approximate surface area is 119 Å². The van der Waals surface area contributed by atoms with E-state index in [1.54, 1.807) is 23.9 Å². The molecule has 8 heteroatoms. The van der Waals surface area contributed by atoms with Gasteiger partial charge in [-0.05, 0) is 12.1 Å². The Morgan fingerprint density at radius 1 is 1.38 bits per heavy atom. The van der Waals surface area contributed by atoms with Gasteiger partial charge in [0.2, 0.25) is 5.78 Å². The summed E-state index contributed by atoms with van der Waals surface area (Å²) in [6.45, 7) is 0. The van der Waals surface area contributed by atoms with Gasteiger partial charge in [-0.15, -0.1) is 0 Å². The Morgan fingerprint density at radius 3 is 2.76 bits per heavy atom. The number of aromatic nitrogens is 4. The smallest absolute Gasteiger partial charge is 0.328 e. The normalized spacial score (nSPS) is 12.0. The summed E-state index contributed by atoms with van der Waals surface area (Å²) in [6, 6.07) is 1.55. The van der Waals surface area contributed by atoms with Crippen LogP contribution in [-0.4, -0.2) is 41.7 Å². The van der Waals surface area contributed by atoms with E-state index in [2.05, 4.69) is 15.2 Å². The molecule has 0 fully saturated rings. The molecular formula is C13H12N4O4. The standard InChI is InChI=1S/C13H12N4O4/c1-17-6-8(4-9(17)2-3-12(20)21)10(18)5-11(19)13-14-7-15-16-13/h2-7,18H,1H3,(H,20,21)(H,14,15,16)/b3-2+,10-5-. The first kappa shape index (κ1) is 14.3. The highest BCUT2D eigenvalue weighted by molar-refractivity contribution is 6.05. The Kier molecular flexibility index (Phi) is 3.98. The summed E-state index contributed by atoms with van der Waals surface area (Å²) >= 11 is 0. The number of H-pyrrole nitrogens is 1. The topological polar surface area (TPSA) is 121 Å². The molecule has 0 aliphatic heterocycles. The van der Waals surface area contributed by atoms with E-state index in [1.807, 2.05) is 0 Å². The number of carbonyl (C=O) groups is 2. The first-order valence-corrected chi connectivity index (χ1v) is 5.85. The molecule has 2 rings (SSSR count). The van der Waals surface area contributed by atoms with Gasteiger partial charge in [0.1, 0.15) is 12.1 Å². The number of carboxylic acid groups (broad SMARTS) is 1. The van der Waals surface area contributed by atoms with Crippen molar-refractivity contribution in [2.24, 2.45) is 7.05 Å². The average Bonchev–Trinajstić information content (AvgIpc) is 3.05. The van der Waals surface area contributed by atoms with Crippen LogP contribution >= 0.6 is 0 Å². The minimum Gasteiger partial charge on any atom is -0.507 e. The van der Waals surface area contributed by atoms with Gasteiger partial charge in [-0.1, -0.05) is 0 Å². The summed E-state index contributed by atoms with van der Waals surface area (Å²) < 4.78 is 1.62. The fraction of sp³-hybridized carbons (Fsp3) is 0.0769. The molecule has 0 saturated heterocycles. The van der Waals surface area contributed by atoms with Crippen molar-refractivity contribution >= 4 is 23.6 Å². The third-order valence-electron chi connectivity index (χ3n) is 2.65. The summed E-state index contributed by atoms with van der Waals surface area (Å²) in [6.07, 6.45) is 6.15. The number of hydrogen-bond donors (Lipinski definition) is 3. The van der Waals surface area contributed by atoms with Gasteiger partial charge in [0.15, 0.2) is 5.82 Å². The molecule has 3 N–H and O–H groups in total. The predicted molar refractivity (Wildman–Crippen MR) is 73.4 cm³/mol. The van der Waals surface area contributed by atoms with E-state index in [9.17, 15) is 14.7 Å². The van der Waals surface area contributed by atoms with Crippen molar-refractivity contribution in [3.63, 3.8) is 0 Å². The van der Waals surface area contributed by atoms with Crippen LogP contribution in [0.2, 0.25) is 0 Å². The molecule has 8 nitrogen and oxygen atoms in total. The minimum absolute atomic E-state index is 0.0171. The molecule has 0 atom stereocenters. The number of nitrogens with one attached hydrogen (secondary N) is 1. The molecule has 108 valence electrons. The number of aliphatic carboxylic acids is 1. The molecular weight excluding hydrogens is 276 g/mol. The lowest BCUT2D eigenvalue weighted by atomic mass is 10.2. The van der Waals surface area contributed by atoms with Gasteiger partial charge in [-0.25, -0.2) is 9.78 Å². The summed E-state index contributed by atoms with van der Waals surface area (Å²) in [4.78, 5) is 25.9. The number of aliphatic hydroxyl groups is 1. The third kappa shape index (κ3) is 3.44. The quantitative estimate of drug-likeness (QED) is 0.429. The van der Waals surface area contributed by atoms with Crippen LogP contribution in [0, 0.1) is 0 Å². The minimum atomic E-state index is -1.07. The zero-order chi connectivity index (χ0) is 15.4. The zero-order valence-corrected chi connectivity index (χ0v) is 11.0. The Balaban J connectivity index is 2.24. The molecule has 0 amide bonds. The largest absolute Gasteiger partial charge is 0.507 e. The summed E-state index contributed by atoms with van der Waals surface area (Å²) in [5.41, 5.74) is 0.954. The molecule has 0 spiro atoms. The lowest BCUT2D eigenvalue weighted by Gasteiger charge is -1.94. The lowest BCUT2D eigenvalue weighted by Crippen LogP contribution is -1.99. The van der Waals surface area contributed by atoms with Crippen LogP contribution in [0.15, 0.2) is 30.7 Å². The predicted octanol–water partition coefficient (Wildman–Crippen LogP) is 1.02. The number of carbonyl (C=O) groups excluding carboxylic acids is 1. The van der Waals surface area contributed by atoms with E-state index >= 15 is 0 Å². The maximum absolute atomic E-state index is 11.7. The van der Waals surface area contributed by atoms with Crippen molar-refractivity contribution in [2.75, 3.05) is 0 Å². The lowest BCUT2D eigenvalue weighted by molar-refractivity contribution is -0.131. The molecule has 0 aromatic carbocycles. The van der Waals surface area contributed by atoms with Crippen molar-refractivity contribution in [2.45, 2.75) is 0 Å². The number of aromatic amines is 1. The van der Waals surface area contributed by atoms with Gasteiger partial charge < -0.3 is 14.8 Å². The van der Waals surface area contributed by atoms with Gasteiger partial charge >= 0.3 is 5.97 Å². The molecule has 0 bridgehead atoms. The maximum Gasteiger partial charge on any atom is 0.328 e. The maximum atomic E-state index is 11.7. The number of nitrogens with zero attached hydrogens (tertiary/aromatic N) is 3. The van der Waals surface area contributed by atoms with E-state index in [1.165, 1.54) is 12.4 Å². The van der Waals surface area contributed by atoms with Crippen molar-refractivity contribution < 1.29 is 19.8 Å². The zero-order valence-electron chi connectivity index (χ0n) is 11.0. The first-order valence-electron chi connectivity index (χ1n) is 5.85. The van der Waals surface area contributed by atoms with Gasteiger partial charge in [0, 0.05) is 36.7 Å². The number of carboxylic acids is 1. The van der Waals surface area contributed by atoms with Gasteiger partial charge in [0.05, 0.1) is 0 Å². The van der Waals surface area contributed by atoms with Crippen LogP contribution in [0.5, 0.6) is 0 Å². The molecule has 0 aliphatic carbocycles. The van der Waals surface area contributed by atoms with Crippen LogP contribution in [0.3, 0.4) is 0 Å². The van der Waals surface area contributed by atoms with Gasteiger partial charge in [0.25, 0.3) is 0 Å². The van der Waals surface area contributed by atoms with E-state index < -0.39 is 11.8 Å². The highest BCUT2D eigenvalue weighted by Crippen LogP contribution is 2.16. The molecule has 0 radical (unpaired) electrons. The molecule has 0 aliphatic rings. The van der Waals surface area contributed by atoms with E-state index in [4.69, 9.17) is 5.11 Å². The Morgan fingerprint density at radius 2 is 2.14 bits per heavy atom. The summed E-state index contributed by atoms with van der Waals surface area (Å²) in [5, 5.41) is 24.5. The number of aliphatic hydroxyl groups excluding tert-OH is 1. The highest BCUT2D eigenvalue weighted by atomic mass is 16.4. The molecule has 2 aromatic heterocycles. The van der Waals surface area contributed by atoms with E-state index in [-0.39, 0.29) is 11.6 Å². The summed E-state index contributed by atoms with van der Waals surface area (Å²) in [7, 11) is 1.69. The Bertz CT molecular complexity index is 725. The van der Waals surface area contributed by atoms with Crippen molar-refractivity contribution in [3.8, 4) is 0 Å². The molecule has 2 heterocycles. The Hall–Kier alpha value is -3.16. The first-order chi connectivity index (χ1) is 9.97. The number of allylic oxidation sites excluding steroid dienone is 1. The second-order valence-electron chi connectivity index (χ2n) is 4.16. The van der Waals surface area contributed by atoms with E-state index in [0.29, 0.717) is 11.3 Å². The van der Waals surface area contributed by atoms with Crippen LogP contribution in [-0.2, 0) is 11.8 Å². The molecule has 2 aromatic rings. The SMILES string of the molecule is Cn1cc(/C(O)=C/C(=O)c2ncn[nH]2)cc1/C=C/C(=O)O. The van der Waals surface area contributed by atoms with Gasteiger partial charge in [-0.2, -0.15) is 5.10 Å². The summed E-state index contributed by atoms with van der Waals surface area (Å²) in [5.74, 6) is -1.82. The number of ketones is 1. The second kappa shape index (κ2) is 5.87. The van der Waals surface area contributed by atoms with Crippen LogP contribution in [0.1, 0.15) is 21.9 Å². The number of rotatable bonds is 5. The molecule has 0 unspecified atom stereocenters. The van der Waals surface area contributed by atoms with Crippen LogP contribution in [0.25, 0.3) is 11.8 Å². The van der Waals surface area contributed by atoms with E-state index in [0.717, 1.165) is 12.2 Å². The number of aryl methyl sites for hydroxylation is 1. The second-order valence-corrected chi connectivity index (χ2v) is 4.16. The fourth-order valence-electron chi connectivity index (χ4n) is 1.64. The molecule has 21 heavy (non-hydrogen) atoms. The van der Waals surface area contributed by atoms with Crippen molar-refractivity contribution in [1.82, 2.24) is 19.7 Å². The monoisotopic (exact) mass is 288 g/mol. The third-order valence-corrected chi connectivity index (χ3v) is 2.65.